The molecule has 1 atom stereocenters. The van der Waals surface area contributed by atoms with Gasteiger partial charge in [0, 0.05) is 0 Å². The molecule has 0 saturated carbocycles. The number of nitrogens with two attached hydrogens (primary N) is 1. The molecule has 2 rings (SSSR count). The summed E-state index contributed by atoms with van der Waals surface area (Å²) in [5.74, 6) is -2.70. The van der Waals surface area contributed by atoms with Crippen molar-refractivity contribution in [1.82, 2.24) is 19.5 Å². The number of nitrogens with zero attached hydrogens (tertiary/aromatic N) is 4. The zero-order valence-electron chi connectivity index (χ0n) is 21.9. The number of carbonyl (C=O) groups is 2. The second kappa shape index (κ2) is 10.0. The molecule has 0 spiro atoms. The monoisotopic (exact) mass is 529 g/mol. The summed E-state index contributed by atoms with van der Waals surface area (Å²) in [6, 6.07) is 0. The van der Waals surface area contributed by atoms with Crippen molar-refractivity contribution >= 4 is 36.5 Å². The summed E-state index contributed by atoms with van der Waals surface area (Å²) < 4.78 is 23.9. The van der Waals surface area contributed by atoms with Crippen molar-refractivity contribution in [2.75, 3.05) is 11.9 Å². The highest BCUT2D eigenvalue weighted by Crippen LogP contribution is 2.43. The fourth-order valence-corrected chi connectivity index (χ4v) is 4.65. The van der Waals surface area contributed by atoms with Crippen molar-refractivity contribution in [2.24, 2.45) is 0 Å². The van der Waals surface area contributed by atoms with Gasteiger partial charge in [0.05, 0.1) is 17.8 Å². The number of ether oxygens (including phenoxy) is 2. The number of hydrogen-bond donors (Lipinski definition) is 4. The lowest BCUT2D eigenvalue weighted by atomic mass is 9.86. The predicted octanol–water partition coefficient (Wildman–Crippen LogP) is 2.37. The Bertz CT molecular complexity index is 1190. The van der Waals surface area contributed by atoms with E-state index in [-0.39, 0.29) is 35.6 Å². The van der Waals surface area contributed by atoms with Crippen molar-refractivity contribution in [3.8, 4) is 0 Å². The molecule has 0 saturated heterocycles. The number of aliphatic hydroxyl groups is 1. The van der Waals surface area contributed by atoms with E-state index >= 15 is 0 Å². The first kappa shape index (κ1) is 29.6. The van der Waals surface area contributed by atoms with Gasteiger partial charge in [-0.15, -0.1) is 0 Å². The zero-order valence-corrected chi connectivity index (χ0v) is 22.8. The summed E-state index contributed by atoms with van der Waals surface area (Å²) in [6.45, 7) is 13.3. The summed E-state index contributed by atoms with van der Waals surface area (Å²) in [5, 5.41) is 11.1. The van der Waals surface area contributed by atoms with Gasteiger partial charge < -0.3 is 30.1 Å². The van der Waals surface area contributed by atoms with Gasteiger partial charge in [-0.1, -0.05) is 13.8 Å². The van der Waals surface area contributed by atoms with Crippen LogP contribution in [0.25, 0.3) is 11.2 Å². The molecule has 0 unspecified atom stereocenters. The van der Waals surface area contributed by atoms with Crippen molar-refractivity contribution in [3.05, 3.63) is 11.6 Å². The van der Waals surface area contributed by atoms with Crippen LogP contribution >= 0.6 is 7.60 Å². The van der Waals surface area contributed by atoms with Crippen molar-refractivity contribution in [1.29, 1.82) is 0 Å². The molecule has 0 bridgehead atoms. The quantitative estimate of drug-likeness (QED) is 0.288. The maximum atomic E-state index is 13.2. The highest BCUT2D eigenvalue weighted by Gasteiger charge is 2.45. The fraction of sp³-hybridized carbons (Fsp3) is 0.682. The number of rotatable bonds is 8. The number of hydrogen-bond acceptors (Lipinski definition) is 10. The number of aliphatic hydroxyl groups excluding tert-OH is 1. The van der Waals surface area contributed by atoms with Crippen LogP contribution in [0.3, 0.4) is 0 Å². The standard InChI is InChI=1S/C22H36N5O8P/c1-9-22(10-2,12(28)11-36(31,32)33)27-16-13(24-17(27)19(30)35-21(6,7)8)14(23)25-15(26-16)18(29)34-20(3,4)5/h12,28H,9-11H2,1-8H3,(H2,23,25,26)(H2,31,32,33)/t12-/m1/s1. The number of nitrogen functional groups attached to an aromatic ring is 1. The average Bonchev–Trinajstić information content (AvgIpc) is 3.06. The molecule has 5 N–H and O–H groups in total. The molecule has 2 aromatic heterocycles. The molecule has 0 fully saturated rings. The smallest absolute Gasteiger partial charge is 0.377 e. The third kappa shape index (κ3) is 6.58. The largest absolute Gasteiger partial charge is 0.454 e. The first-order valence-corrected chi connectivity index (χ1v) is 13.3. The SMILES string of the molecule is CCC(CC)([C@H](O)CP(=O)(O)O)n1c(C(=O)OC(C)(C)C)nc2c(N)nc(C(=O)OC(C)(C)C)nc21. The molecule has 202 valence electrons. The lowest BCUT2D eigenvalue weighted by Crippen LogP contribution is -2.48. The van der Waals surface area contributed by atoms with Crippen molar-refractivity contribution < 1.29 is 38.5 Å². The van der Waals surface area contributed by atoms with Gasteiger partial charge in [-0.2, -0.15) is 0 Å². The van der Waals surface area contributed by atoms with E-state index in [4.69, 9.17) is 15.2 Å². The lowest BCUT2D eigenvalue weighted by Gasteiger charge is -2.39. The van der Waals surface area contributed by atoms with E-state index in [1.807, 2.05) is 0 Å². The topological polar surface area (TPSA) is 200 Å². The highest BCUT2D eigenvalue weighted by atomic mass is 31.2. The number of imidazole rings is 1. The number of anilines is 1. The van der Waals surface area contributed by atoms with Crippen LogP contribution in [0, 0.1) is 0 Å². The maximum absolute atomic E-state index is 13.2. The Hall–Kier alpha value is -2.60. The van der Waals surface area contributed by atoms with Gasteiger partial charge in [0.25, 0.3) is 0 Å². The average molecular weight is 530 g/mol. The van der Waals surface area contributed by atoms with E-state index in [1.165, 1.54) is 4.57 Å². The van der Waals surface area contributed by atoms with Gasteiger partial charge in [0.15, 0.2) is 17.0 Å². The van der Waals surface area contributed by atoms with Crippen LogP contribution in [0.4, 0.5) is 5.82 Å². The highest BCUT2D eigenvalue weighted by molar-refractivity contribution is 7.51. The van der Waals surface area contributed by atoms with Gasteiger partial charge in [0.2, 0.25) is 11.6 Å². The van der Waals surface area contributed by atoms with Gasteiger partial charge >= 0.3 is 19.5 Å². The van der Waals surface area contributed by atoms with E-state index in [0.29, 0.717) is 0 Å². The van der Waals surface area contributed by atoms with E-state index < -0.39 is 54.4 Å². The van der Waals surface area contributed by atoms with Crippen LogP contribution in [0.5, 0.6) is 0 Å². The molecule has 36 heavy (non-hydrogen) atoms. The third-order valence-electron chi connectivity index (χ3n) is 5.40. The van der Waals surface area contributed by atoms with Crippen molar-refractivity contribution in [3.63, 3.8) is 0 Å². The van der Waals surface area contributed by atoms with Gasteiger partial charge in [-0.3, -0.25) is 9.13 Å². The third-order valence-corrected chi connectivity index (χ3v) is 6.22. The molecule has 2 heterocycles. The minimum absolute atomic E-state index is 0.0437. The molecule has 0 aromatic carbocycles. The van der Waals surface area contributed by atoms with Crippen LogP contribution in [0.1, 0.15) is 89.5 Å². The van der Waals surface area contributed by atoms with Crippen LogP contribution in [-0.4, -0.2) is 69.8 Å². The van der Waals surface area contributed by atoms with Gasteiger partial charge in [0.1, 0.15) is 11.2 Å². The molecule has 0 aliphatic heterocycles. The summed E-state index contributed by atoms with van der Waals surface area (Å²) in [4.78, 5) is 57.7. The Morgan fingerprint density at radius 2 is 1.47 bits per heavy atom. The van der Waals surface area contributed by atoms with Crippen LogP contribution in [0.2, 0.25) is 0 Å². The molecule has 2 aromatic rings. The molecule has 0 aliphatic rings. The number of fused-ring (bicyclic) bond motifs is 1. The molecule has 0 aliphatic carbocycles. The second-order valence-electron chi connectivity index (χ2n) is 10.6. The van der Waals surface area contributed by atoms with E-state index in [1.54, 1.807) is 55.4 Å². The summed E-state index contributed by atoms with van der Waals surface area (Å²) in [6.07, 6.45) is -2.30. The molecule has 14 heteroatoms. The zero-order chi connectivity index (χ0) is 27.9. The van der Waals surface area contributed by atoms with E-state index in [0.717, 1.165) is 0 Å². The van der Waals surface area contributed by atoms with Gasteiger partial charge in [-0.25, -0.2) is 24.5 Å². The minimum Gasteiger partial charge on any atom is -0.454 e. The lowest BCUT2D eigenvalue weighted by molar-refractivity contribution is 0.000751. The van der Waals surface area contributed by atoms with Crippen LogP contribution in [0.15, 0.2) is 0 Å². The van der Waals surface area contributed by atoms with Gasteiger partial charge in [-0.05, 0) is 54.4 Å². The number of esters is 2. The van der Waals surface area contributed by atoms with Crippen LogP contribution < -0.4 is 5.73 Å². The fourth-order valence-electron chi connectivity index (χ4n) is 3.86. The number of aromatic nitrogens is 4. The predicted molar refractivity (Wildman–Crippen MR) is 132 cm³/mol. The minimum atomic E-state index is -4.67. The second-order valence-corrected chi connectivity index (χ2v) is 12.2. The van der Waals surface area contributed by atoms with E-state index in [9.17, 15) is 29.0 Å². The Morgan fingerprint density at radius 3 is 1.92 bits per heavy atom. The first-order valence-electron chi connectivity index (χ1n) is 11.5. The molecule has 13 nitrogen and oxygen atoms in total. The van der Waals surface area contributed by atoms with E-state index in [2.05, 4.69) is 15.0 Å². The molecule has 0 radical (unpaired) electrons. The maximum Gasteiger partial charge on any atom is 0.377 e. The molecule has 0 amide bonds. The first-order chi connectivity index (χ1) is 16.2. The Balaban J connectivity index is 2.94. The molecular formula is C22H36N5O8P. The van der Waals surface area contributed by atoms with Crippen molar-refractivity contribution in [2.45, 2.75) is 91.1 Å². The Kier molecular flexibility index (Phi) is 8.27. The summed E-state index contributed by atoms with van der Waals surface area (Å²) in [5.41, 5.74) is 2.72. The normalized spacial score (nSPS) is 14.1. The molecular weight excluding hydrogens is 493 g/mol. The summed E-state index contributed by atoms with van der Waals surface area (Å²) >= 11 is 0. The van der Waals surface area contributed by atoms with Crippen LogP contribution in [-0.2, 0) is 19.6 Å². The Labute approximate surface area is 209 Å². The Morgan fingerprint density at radius 1 is 0.972 bits per heavy atom. The summed E-state index contributed by atoms with van der Waals surface area (Å²) in [7, 11) is -4.67. The number of carbonyl (C=O) groups excluding carboxylic acids is 2.